The fourth-order valence-electron chi connectivity index (χ4n) is 5.41. The molecule has 0 spiro atoms. The molecule has 0 aromatic heterocycles. The summed E-state index contributed by atoms with van der Waals surface area (Å²) in [4.78, 5) is 16.7. The minimum atomic E-state index is -0.0679. The fraction of sp³-hybridized carbons (Fsp3) is 0.367. The van der Waals surface area contributed by atoms with Crippen molar-refractivity contribution < 1.29 is 9.53 Å². The largest absolute Gasteiger partial charge is 0.489 e. The Labute approximate surface area is 203 Å². The maximum Gasteiger partial charge on any atom is 0.141 e. The van der Waals surface area contributed by atoms with Crippen molar-refractivity contribution >= 4 is 6.29 Å². The van der Waals surface area contributed by atoms with E-state index < -0.39 is 0 Å². The third-order valence-electron chi connectivity index (χ3n) is 7.38. The molecule has 0 aliphatic carbocycles. The van der Waals surface area contributed by atoms with Crippen molar-refractivity contribution in [2.75, 3.05) is 26.2 Å². The highest BCUT2D eigenvalue weighted by Crippen LogP contribution is 2.34. The standard InChI is InChI=1S/C30H34N2O2/c33-22-29-28-12-6-4-11-27(28)21-32(29)20-24-14-17-31(18-15-24)19-16-26-10-5-7-13-30(26)34-23-25-8-2-1-3-9-25/h1-13,22,24,29H,14-21,23H2. The number of hydrogen-bond donors (Lipinski definition) is 0. The average Bonchev–Trinajstić information content (AvgIpc) is 3.25. The molecule has 1 unspecified atom stereocenters. The van der Waals surface area contributed by atoms with Crippen LogP contribution < -0.4 is 4.74 Å². The molecule has 5 rings (SSSR count). The Hall–Kier alpha value is -2.95. The first-order valence-electron chi connectivity index (χ1n) is 12.5. The third-order valence-corrected chi connectivity index (χ3v) is 7.38. The number of nitrogens with zero attached hydrogens (tertiary/aromatic N) is 2. The first-order chi connectivity index (χ1) is 16.8. The van der Waals surface area contributed by atoms with Gasteiger partial charge >= 0.3 is 0 Å². The van der Waals surface area contributed by atoms with E-state index >= 15 is 0 Å². The predicted octanol–water partition coefficient (Wildman–Crippen LogP) is 5.28. The zero-order valence-electron chi connectivity index (χ0n) is 19.8. The van der Waals surface area contributed by atoms with Gasteiger partial charge in [0.1, 0.15) is 18.6 Å². The molecule has 1 fully saturated rings. The maximum absolute atomic E-state index is 11.8. The van der Waals surface area contributed by atoms with E-state index in [0.29, 0.717) is 12.5 Å². The number of benzene rings is 3. The lowest BCUT2D eigenvalue weighted by molar-refractivity contribution is -0.112. The average molecular weight is 455 g/mol. The summed E-state index contributed by atoms with van der Waals surface area (Å²) >= 11 is 0. The molecule has 1 saturated heterocycles. The van der Waals surface area contributed by atoms with Crippen LogP contribution in [0.5, 0.6) is 5.75 Å². The summed E-state index contributed by atoms with van der Waals surface area (Å²) < 4.78 is 6.15. The van der Waals surface area contributed by atoms with Gasteiger partial charge < -0.3 is 14.4 Å². The van der Waals surface area contributed by atoms with Crippen LogP contribution in [0.25, 0.3) is 0 Å². The van der Waals surface area contributed by atoms with Crippen LogP contribution in [0.4, 0.5) is 0 Å². The number of para-hydroxylation sites is 1. The molecule has 2 aliphatic rings. The molecule has 2 aliphatic heterocycles. The summed E-state index contributed by atoms with van der Waals surface area (Å²) in [5.41, 5.74) is 4.98. The molecule has 0 N–H and O–H groups in total. The first kappa shape index (κ1) is 22.8. The van der Waals surface area contributed by atoms with E-state index in [-0.39, 0.29) is 6.04 Å². The number of carbonyl (C=O) groups is 1. The third kappa shape index (κ3) is 5.40. The van der Waals surface area contributed by atoms with Crippen LogP contribution in [-0.4, -0.2) is 42.3 Å². The number of piperidine rings is 1. The van der Waals surface area contributed by atoms with Gasteiger partial charge in [-0.25, -0.2) is 0 Å². The molecule has 34 heavy (non-hydrogen) atoms. The Morgan fingerprint density at radius 3 is 2.44 bits per heavy atom. The second-order valence-electron chi connectivity index (χ2n) is 9.63. The molecule has 0 amide bonds. The topological polar surface area (TPSA) is 32.8 Å². The van der Waals surface area contributed by atoms with Gasteiger partial charge in [0.2, 0.25) is 0 Å². The van der Waals surface area contributed by atoms with Gasteiger partial charge in [-0.3, -0.25) is 4.90 Å². The number of hydrogen-bond acceptors (Lipinski definition) is 4. The van der Waals surface area contributed by atoms with Gasteiger partial charge in [-0.1, -0.05) is 72.8 Å². The van der Waals surface area contributed by atoms with Crippen molar-refractivity contribution in [2.24, 2.45) is 5.92 Å². The summed E-state index contributed by atoms with van der Waals surface area (Å²) in [5, 5.41) is 0. The second-order valence-corrected chi connectivity index (χ2v) is 9.63. The Morgan fingerprint density at radius 1 is 0.882 bits per heavy atom. The Bertz CT molecular complexity index is 1080. The zero-order valence-corrected chi connectivity index (χ0v) is 19.8. The Kier molecular flexibility index (Phi) is 7.37. The SMILES string of the molecule is O=CC1c2ccccc2CN1CC1CCN(CCc2ccccc2OCc2ccccc2)CC1. The summed E-state index contributed by atoms with van der Waals surface area (Å²) in [5.74, 6) is 1.66. The lowest BCUT2D eigenvalue weighted by Crippen LogP contribution is -2.39. The number of ether oxygens (including phenoxy) is 1. The highest BCUT2D eigenvalue weighted by molar-refractivity contribution is 5.64. The first-order valence-corrected chi connectivity index (χ1v) is 12.5. The molecule has 3 aromatic carbocycles. The molecule has 0 bridgehead atoms. The lowest BCUT2D eigenvalue weighted by atomic mass is 9.95. The fourth-order valence-corrected chi connectivity index (χ4v) is 5.41. The Balaban J connectivity index is 1.09. The van der Waals surface area contributed by atoms with Gasteiger partial charge in [-0.2, -0.15) is 0 Å². The highest BCUT2D eigenvalue weighted by Gasteiger charge is 2.32. The van der Waals surface area contributed by atoms with Gasteiger partial charge in [0.15, 0.2) is 0 Å². The second kappa shape index (κ2) is 11.0. The normalized spacial score (nSPS) is 19.1. The molecule has 2 heterocycles. The number of rotatable bonds is 9. The number of aldehydes is 1. The molecule has 0 radical (unpaired) electrons. The van der Waals surface area contributed by atoms with Crippen LogP contribution in [0.2, 0.25) is 0 Å². The van der Waals surface area contributed by atoms with Crippen molar-refractivity contribution in [2.45, 2.75) is 38.5 Å². The molecule has 3 aromatic rings. The van der Waals surface area contributed by atoms with Gasteiger partial charge in [0, 0.05) is 19.6 Å². The van der Waals surface area contributed by atoms with Crippen LogP contribution in [0, 0.1) is 5.92 Å². The van der Waals surface area contributed by atoms with Gasteiger partial charge in [-0.05, 0) is 66.6 Å². The Morgan fingerprint density at radius 2 is 1.62 bits per heavy atom. The van der Waals surface area contributed by atoms with Crippen LogP contribution >= 0.6 is 0 Å². The van der Waals surface area contributed by atoms with Crippen LogP contribution in [0.15, 0.2) is 78.9 Å². The van der Waals surface area contributed by atoms with E-state index in [9.17, 15) is 4.79 Å². The number of carbonyl (C=O) groups excluding carboxylic acids is 1. The lowest BCUT2D eigenvalue weighted by Gasteiger charge is -2.34. The smallest absolute Gasteiger partial charge is 0.141 e. The molecule has 176 valence electrons. The minimum absolute atomic E-state index is 0.0679. The van der Waals surface area contributed by atoms with Gasteiger partial charge in [0.05, 0.1) is 6.04 Å². The van der Waals surface area contributed by atoms with E-state index in [1.807, 2.05) is 12.1 Å². The quantitative estimate of drug-likeness (QED) is 0.412. The van der Waals surface area contributed by atoms with E-state index in [2.05, 4.69) is 76.5 Å². The molecular formula is C30H34N2O2. The summed E-state index contributed by atoms with van der Waals surface area (Å²) in [6.45, 7) is 5.84. The highest BCUT2D eigenvalue weighted by atomic mass is 16.5. The summed E-state index contributed by atoms with van der Waals surface area (Å²) in [6.07, 6.45) is 4.53. The maximum atomic E-state index is 11.8. The van der Waals surface area contributed by atoms with Crippen molar-refractivity contribution in [3.8, 4) is 5.75 Å². The van der Waals surface area contributed by atoms with Crippen LogP contribution in [0.1, 0.15) is 41.1 Å². The van der Waals surface area contributed by atoms with Crippen molar-refractivity contribution in [1.82, 2.24) is 9.80 Å². The van der Waals surface area contributed by atoms with E-state index in [1.165, 1.54) is 35.1 Å². The summed E-state index contributed by atoms with van der Waals surface area (Å²) in [6, 6.07) is 27.1. The van der Waals surface area contributed by atoms with Crippen LogP contribution in [0.3, 0.4) is 0 Å². The molecular weight excluding hydrogens is 420 g/mol. The number of fused-ring (bicyclic) bond motifs is 1. The molecule has 4 heteroatoms. The summed E-state index contributed by atoms with van der Waals surface area (Å²) in [7, 11) is 0. The zero-order chi connectivity index (χ0) is 23.2. The molecule has 1 atom stereocenters. The van der Waals surface area contributed by atoms with E-state index in [0.717, 1.165) is 51.2 Å². The number of likely N-dealkylation sites (tertiary alicyclic amines) is 1. The van der Waals surface area contributed by atoms with Crippen molar-refractivity contribution in [3.05, 3.63) is 101 Å². The molecule has 0 saturated carbocycles. The van der Waals surface area contributed by atoms with Crippen LogP contribution in [-0.2, 0) is 24.4 Å². The van der Waals surface area contributed by atoms with Crippen molar-refractivity contribution in [3.63, 3.8) is 0 Å². The minimum Gasteiger partial charge on any atom is -0.489 e. The van der Waals surface area contributed by atoms with Gasteiger partial charge in [-0.15, -0.1) is 0 Å². The predicted molar refractivity (Wildman–Crippen MR) is 136 cm³/mol. The van der Waals surface area contributed by atoms with Crippen molar-refractivity contribution in [1.29, 1.82) is 0 Å². The van der Waals surface area contributed by atoms with E-state index in [1.54, 1.807) is 0 Å². The van der Waals surface area contributed by atoms with Gasteiger partial charge in [0.25, 0.3) is 0 Å². The molecule has 4 nitrogen and oxygen atoms in total. The monoisotopic (exact) mass is 454 g/mol. The van der Waals surface area contributed by atoms with E-state index in [4.69, 9.17) is 4.74 Å².